The van der Waals surface area contributed by atoms with E-state index in [9.17, 15) is 10.1 Å². The van der Waals surface area contributed by atoms with Gasteiger partial charge in [0.15, 0.2) is 23.0 Å². The number of nitrogens with one attached hydrogen (secondary N) is 1. The Labute approximate surface area is 265 Å². The van der Waals surface area contributed by atoms with Crippen molar-refractivity contribution in [3.8, 4) is 34.8 Å². The van der Waals surface area contributed by atoms with Gasteiger partial charge in [0.2, 0.25) is 0 Å². The molecule has 0 heterocycles. The molecule has 0 saturated heterocycles. The van der Waals surface area contributed by atoms with Gasteiger partial charge in [-0.2, -0.15) is 5.26 Å². The standard InChI is InChI=1S/C35H33BrN2O6/c1-4-41-29-14-12-28(13-15-29)38-35(39)27(21-37)17-26-18-30(36)34(33(20-26)40-3)44-23-25-11-16-31(32(19-25)42-5-2)43-22-24-9-7-6-8-10-24/h6-20H,4-5,22-23H2,1-3H3,(H,38,39)/b27-17+. The van der Waals surface area contributed by atoms with E-state index in [4.69, 9.17) is 23.7 Å². The molecule has 0 saturated carbocycles. The number of halogens is 1. The van der Waals surface area contributed by atoms with Gasteiger partial charge in [-0.3, -0.25) is 4.79 Å². The van der Waals surface area contributed by atoms with Crippen molar-refractivity contribution in [3.63, 3.8) is 0 Å². The van der Waals surface area contributed by atoms with E-state index in [2.05, 4.69) is 21.2 Å². The van der Waals surface area contributed by atoms with E-state index >= 15 is 0 Å². The van der Waals surface area contributed by atoms with Crippen LogP contribution in [-0.2, 0) is 18.0 Å². The third-order valence-electron chi connectivity index (χ3n) is 6.28. The molecule has 0 bridgehead atoms. The topological polar surface area (TPSA) is 99.0 Å². The molecule has 0 atom stereocenters. The van der Waals surface area contributed by atoms with E-state index in [1.54, 1.807) is 36.4 Å². The van der Waals surface area contributed by atoms with Crippen LogP contribution in [0.4, 0.5) is 5.69 Å². The van der Waals surface area contributed by atoms with Crippen molar-refractivity contribution >= 4 is 33.6 Å². The molecule has 0 aliphatic carbocycles. The smallest absolute Gasteiger partial charge is 0.266 e. The molecule has 0 spiro atoms. The SMILES string of the molecule is CCOc1ccc(NC(=O)/C(C#N)=C/c2cc(Br)c(OCc3ccc(OCc4ccccc4)c(OCC)c3)c(OC)c2)cc1. The number of benzene rings is 4. The van der Waals surface area contributed by atoms with Gasteiger partial charge >= 0.3 is 0 Å². The average Bonchev–Trinajstić information content (AvgIpc) is 3.04. The third kappa shape index (κ3) is 8.79. The fraction of sp³-hybridized carbons (Fsp3) is 0.200. The Morgan fingerprint density at radius 3 is 2.23 bits per heavy atom. The van der Waals surface area contributed by atoms with Crippen LogP contribution in [0.15, 0.2) is 95.0 Å². The van der Waals surface area contributed by atoms with E-state index in [-0.39, 0.29) is 12.2 Å². The number of anilines is 1. The predicted octanol–water partition coefficient (Wildman–Crippen LogP) is 7.96. The van der Waals surface area contributed by atoms with Crippen molar-refractivity contribution in [1.29, 1.82) is 5.26 Å². The molecular formula is C35H33BrN2O6. The molecule has 0 radical (unpaired) electrons. The zero-order valence-electron chi connectivity index (χ0n) is 24.8. The lowest BCUT2D eigenvalue weighted by atomic mass is 10.1. The van der Waals surface area contributed by atoms with Gasteiger partial charge in [0.1, 0.15) is 30.6 Å². The van der Waals surface area contributed by atoms with Crippen LogP contribution in [0.5, 0.6) is 28.7 Å². The first-order valence-corrected chi connectivity index (χ1v) is 14.8. The molecule has 0 aliphatic rings. The number of nitriles is 1. The molecule has 8 nitrogen and oxygen atoms in total. The van der Waals surface area contributed by atoms with E-state index in [0.29, 0.717) is 64.3 Å². The van der Waals surface area contributed by atoms with E-state index in [1.165, 1.54) is 13.2 Å². The lowest BCUT2D eigenvalue weighted by Gasteiger charge is -2.16. The summed E-state index contributed by atoms with van der Waals surface area (Å²) in [6.45, 7) is 5.51. The molecule has 0 unspecified atom stereocenters. The quantitative estimate of drug-likeness (QED) is 0.109. The molecule has 1 N–H and O–H groups in total. The van der Waals surface area contributed by atoms with Gasteiger partial charge in [-0.1, -0.05) is 36.4 Å². The first kappa shape index (κ1) is 32.0. The molecule has 4 aromatic carbocycles. The lowest BCUT2D eigenvalue weighted by molar-refractivity contribution is -0.112. The van der Waals surface area contributed by atoms with Crippen LogP contribution in [0.3, 0.4) is 0 Å². The summed E-state index contributed by atoms with van der Waals surface area (Å²) in [5.41, 5.74) is 2.99. The van der Waals surface area contributed by atoms with Crippen LogP contribution in [0.25, 0.3) is 6.08 Å². The van der Waals surface area contributed by atoms with Gasteiger partial charge in [0.25, 0.3) is 5.91 Å². The van der Waals surface area contributed by atoms with E-state index < -0.39 is 5.91 Å². The largest absolute Gasteiger partial charge is 0.494 e. The minimum Gasteiger partial charge on any atom is -0.494 e. The number of hydrogen-bond acceptors (Lipinski definition) is 7. The molecule has 4 rings (SSSR count). The maximum absolute atomic E-state index is 12.8. The fourth-order valence-electron chi connectivity index (χ4n) is 4.20. The van der Waals surface area contributed by atoms with Crippen LogP contribution < -0.4 is 29.0 Å². The van der Waals surface area contributed by atoms with Crippen LogP contribution in [0, 0.1) is 11.3 Å². The van der Waals surface area contributed by atoms with Gasteiger partial charge in [0, 0.05) is 5.69 Å². The highest BCUT2D eigenvalue weighted by Gasteiger charge is 2.15. The van der Waals surface area contributed by atoms with Crippen LogP contribution >= 0.6 is 15.9 Å². The molecule has 1 amide bonds. The molecular weight excluding hydrogens is 624 g/mol. The Bertz CT molecular complexity index is 1630. The van der Waals surface area contributed by atoms with Crippen molar-refractivity contribution in [2.75, 3.05) is 25.6 Å². The number of ether oxygens (including phenoxy) is 5. The van der Waals surface area contributed by atoms with Crippen LogP contribution in [0.2, 0.25) is 0 Å². The highest BCUT2D eigenvalue weighted by Crippen LogP contribution is 2.38. The zero-order chi connectivity index (χ0) is 31.3. The summed E-state index contributed by atoms with van der Waals surface area (Å²) >= 11 is 3.55. The maximum atomic E-state index is 12.8. The Hall–Kier alpha value is -4.94. The minimum absolute atomic E-state index is 0.0699. The minimum atomic E-state index is -0.534. The highest BCUT2D eigenvalue weighted by molar-refractivity contribution is 9.10. The van der Waals surface area contributed by atoms with Crippen LogP contribution in [0.1, 0.15) is 30.5 Å². The van der Waals surface area contributed by atoms with Gasteiger partial charge in [-0.05, 0) is 101 Å². The van der Waals surface area contributed by atoms with E-state index in [1.807, 2.05) is 68.4 Å². The average molecular weight is 658 g/mol. The summed E-state index contributed by atoms with van der Waals surface area (Å²) in [6.07, 6.45) is 1.49. The van der Waals surface area contributed by atoms with Gasteiger partial charge in [-0.25, -0.2) is 0 Å². The maximum Gasteiger partial charge on any atom is 0.266 e. The number of amides is 1. The van der Waals surface area contributed by atoms with Crippen LogP contribution in [-0.4, -0.2) is 26.2 Å². The summed E-state index contributed by atoms with van der Waals surface area (Å²) in [5.74, 6) is 2.35. The third-order valence-corrected chi connectivity index (χ3v) is 6.87. The number of rotatable bonds is 14. The van der Waals surface area contributed by atoms with Crippen molar-refractivity contribution in [2.24, 2.45) is 0 Å². The summed E-state index contributed by atoms with van der Waals surface area (Å²) < 4.78 is 29.6. The molecule has 44 heavy (non-hydrogen) atoms. The zero-order valence-corrected chi connectivity index (χ0v) is 26.3. The highest BCUT2D eigenvalue weighted by atomic mass is 79.9. The Morgan fingerprint density at radius 2 is 1.55 bits per heavy atom. The van der Waals surface area contributed by atoms with Gasteiger partial charge in [-0.15, -0.1) is 0 Å². The van der Waals surface area contributed by atoms with Crippen molar-refractivity contribution in [2.45, 2.75) is 27.1 Å². The van der Waals surface area contributed by atoms with Gasteiger partial charge < -0.3 is 29.0 Å². The summed E-state index contributed by atoms with van der Waals surface area (Å²) in [5, 5.41) is 12.4. The number of methoxy groups -OCH3 is 1. The number of hydrogen-bond donors (Lipinski definition) is 1. The first-order valence-electron chi connectivity index (χ1n) is 14.0. The first-order chi connectivity index (χ1) is 21.4. The second-order valence-electron chi connectivity index (χ2n) is 9.39. The van der Waals surface area contributed by atoms with Crippen molar-refractivity contribution < 1.29 is 28.5 Å². The van der Waals surface area contributed by atoms with Gasteiger partial charge in [0.05, 0.1) is 24.8 Å². The Balaban J connectivity index is 1.46. The van der Waals surface area contributed by atoms with E-state index in [0.717, 1.165) is 11.1 Å². The molecule has 9 heteroatoms. The molecule has 0 fully saturated rings. The lowest BCUT2D eigenvalue weighted by Crippen LogP contribution is -2.13. The molecule has 4 aromatic rings. The summed E-state index contributed by atoms with van der Waals surface area (Å²) in [7, 11) is 1.53. The Kier molecular flexibility index (Phi) is 11.7. The second-order valence-corrected chi connectivity index (χ2v) is 10.2. The van der Waals surface area contributed by atoms with Crippen molar-refractivity contribution in [1.82, 2.24) is 0 Å². The Morgan fingerprint density at radius 1 is 0.818 bits per heavy atom. The predicted molar refractivity (Wildman–Crippen MR) is 173 cm³/mol. The second kappa shape index (κ2) is 16.1. The number of carbonyl (C=O) groups is 1. The molecule has 226 valence electrons. The normalized spacial score (nSPS) is 10.8. The number of nitrogens with zero attached hydrogens (tertiary/aromatic N) is 1. The van der Waals surface area contributed by atoms with Crippen molar-refractivity contribution in [3.05, 3.63) is 112 Å². The monoisotopic (exact) mass is 656 g/mol. The fourth-order valence-corrected chi connectivity index (χ4v) is 4.77. The summed E-state index contributed by atoms with van der Waals surface area (Å²) in [6, 6.07) is 28.0. The molecule has 0 aromatic heterocycles. The number of carbonyl (C=O) groups excluding carboxylic acids is 1. The summed E-state index contributed by atoms with van der Waals surface area (Å²) in [4.78, 5) is 12.8. The molecule has 0 aliphatic heterocycles.